The second-order valence-corrected chi connectivity index (χ2v) is 5.14. The third-order valence-corrected chi connectivity index (χ3v) is 1.45. The van der Waals surface area contributed by atoms with Gasteiger partial charge in [0.05, 0.1) is 0 Å². The van der Waals surface area contributed by atoms with E-state index in [0.29, 0.717) is 18.6 Å². The molecule has 2 nitrogen and oxygen atoms in total. The van der Waals surface area contributed by atoms with Gasteiger partial charge in [0.15, 0.2) is 11.5 Å². The van der Waals surface area contributed by atoms with Gasteiger partial charge < -0.3 is 9.47 Å². The number of rotatable bonds is 0. The molecule has 0 aliphatic carbocycles. The number of para-hydroxylation sites is 2. The first kappa shape index (κ1) is 14.8. The molecule has 0 bridgehead atoms. The van der Waals surface area contributed by atoms with Gasteiger partial charge in [-0.15, -0.1) is 0 Å². The van der Waals surface area contributed by atoms with Crippen LogP contribution in [0.2, 0.25) is 0 Å². The van der Waals surface area contributed by atoms with Crippen molar-refractivity contribution in [2.45, 2.75) is 35.1 Å². The lowest BCUT2D eigenvalue weighted by Crippen LogP contribution is -2.14. The third-order valence-electron chi connectivity index (χ3n) is 1.45. The Morgan fingerprint density at radius 1 is 0.875 bits per heavy atom. The zero-order valence-electron chi connectivity index (χ0n) is 10.0. The van der Waals surface area contributed by atoms with Gasteiger partial charge >= 0.3 is 0 Å². The Kier molecular flexibility index (Phi) is 5.94. The summed E-state index contributed by atoms with van der Waals surface area (Å²) in [5.74, 6) is 1.71. The molecule has 0 unspecified atom stereocenters. The minimum atomic E-state index is 0. The van der Waals surface area contributed by atoms with Crippen molar-refractivity contribution in [3.05, 3.63) is 24.3 Å². The first-order valence-corrected chi connectivity index (χ1v) is 5.31. The molecule has 1 heterocycles. The van der Waals surface area contributed by atoms with Crippen LogP contribution in [0.5, 0.6) is 11.5 Å². The van der Waals surface area contributed by atoms with Gasteiger partial charge in [-0.3, -0.25) is 0 Å². The van der Waals surface area contributed by atoms with E-state index in [4.69, 9.17) is 9.47 Å². The molecule has 0 N–H and O–H groups in total. The van der Waals surface area contributed by atoms with Crippen LogP contribution >= 0.6 is 0 Å². The smallest absolute Gasteiger partial charge is 0.161 e. The average molecular weight is 224 g/mol. The lowest BCUT2D eigenvalue weighted by Gasteiger charge is -2.17. The van der Waals surface area contributed by atoms with Crippen LogP contribution < -0.4 is 9.47 Å². The SMILES string of the molecule is C.CC(C)(C)C.c1ccc2c(c1)OCCO2. The lowest BCUT2D eigenvalue weighted by atomic mass is 10.0. The van der Waals surface area contributed by atoms with E-state index in [-0.39, 0.29) is 7.43 Å². The van der Waals surface area contributed by atoms with Gasteiger partial charge in [-0.05, 0) is 17.5 Å². The summed E-state index contributed by atoms with van der Waals surface area (Å²) in [6, 6.07) is 7.70. The second kappa shape index (κ2) is 6.41. The number of fused-ring (bicyclic) bond motifs is 1. The molecule has 92 valence electrons. The Morgan fingerprint density at radius 2 is 1.19 bits per heavy atom. The zero-order chi connectivity index (χ0) is 11.3. The quantitative estimate of drug-likeness (QED) is 0.659. The van der Waals surface area contributed by atoms with E-state index in [9.17, 15) is 0 Å². The third kappa shape index (κ3) is 6.33. The molecule has 1 aromatic carbocycles. The number of ether oxygens (including phenoxy) is 2. The first-order chi connectivity index (χ1) is 6.97. The van der Waals surface area contributed by atoms with Crippen molar-refractivity contribution >= 4 is 0 Å². The summed E-state index contributed by atoms with van der Waals surface area (Å²) >= 11 is 0. The van der Waals surface area contributed by atoms with Crippen LogP contribution in [-0.2, 0) is 0 Å². The molecule has 0 spiro atoms. The monoisotopic (exact) mass is 224 g/mol. The van der Waals surface area contributed by atoms with Gasteiger partial charge in [-0.2, -0.15) is 0 Å². The highest BCUT2D eigenvalue weighted by Gasteiger charge is 2.07. The number of hydrogen-bond donors (Lipinski definition) is 0. The van der Waals surface area contributed by atoms with Crippen LogP contribution in [0.25, 0.3) is 0 Å². The standard InChI is InChI=1S/C8H8O2.C5H12.CH4/c1-2-4-8-7(3-1)9-5-6-10-8;1-5(2,3)4;/h1-4H,5-6H2;1-4H3;1H4. The summed E-state index contributed by atoms with van der Waals surface area (Å²) in [6.07, 6.45) is 0. The van der Waals surface area contributed by atoms with Crippen molar-refractivity contribution in [3.8, 4) is 11.5 Å². The highest BCUT2D eigenvalue weighted by Crippen LogP contribution is 2.28. The summed E-state index contributed by atoms with van der Waals surface area (Å²) in [6.45, 7) is 10.1. The van der Waals surface area contributed by atoms with Gasteiger partial charge in [0.25, 0.3) is 0 Å². The molecule has 0 amide bonds. The van der Waals surface area contributed by atoms with Gasteiger partial charge in [0.2, 0.25) is 0 Å². The topological polar surface area (TPSA) is 18.5 Å². The van der Waals surface area contributed by atoms with E-state index in [1.165, 1.54) is 0 Å². The Labute approximate surface area is 99.6 Å². The molecule has 0 fully saturated rings. The van der Waals surface area contributed by atoms with Crippen molar-refractivity contribution in [1.82, 2.24) is 0 Å². The zero-order valence-corrected chi connectivity index (χ0v) is 10.0. The molecule has 0 aromatic heterocycles. The molecular weight excluding hydrogens is 200 g/mol. The van der Waals surface area contributed by atoms with E-state index in [0.717, 1.165) is 11.5 Å². The van der Waals surface area contributed by atoms with Crippen molar-refractivity contribution in [2.24, 2.45) is 5.41 Å². The van der Waals surface area contributed by atoms with Crippen molar-refractivity contribution in [1.29, 1.82) is 0 Å². The molecule has 2 rings (SSSR count). The average Bonchev–Trinajstić information content (AvgIpc) is 2.16. The molecule has 0 saturated carbocycles. The summed E-state index contributed by atoms with van der Waals surface area (Å²) < 4.78 is 10.6. The molecule has 16 heavy (non-hydrogen) atoms. The Morgan fingerprint density at radius 3 is 1.50 bits per heavy atom. The summed E-state index contributed by atoms with van der Waals surface area (Å²) in [5, 5.41) is 0. The maximum Gasteiger partial charge on any atom is 0.161 e. The molecular formula is C14H24O2. The minimum absolute atomic E-state index is 0. The van der Waals surface area contributed by atoms with E-state index >= 15 is 0 Å². The predicted octanol–water partition coefficient (Wildman–Crippen LogP) is 4.15. The summed E-state index contributed by atoms with van der Waals surface area (Å²) in [5.41, 5.74) is 0.500. The van der Waals surface area contributed by atoms with Crippen LogP contribution in [0.4, 0.5) is 0 Å². The predicted molar refractivity (Wildman–Crippen MR) is 69.3 cm³/mol. The van der Waals surface area contributed by atoms with Crippen molar-refractivity contribution in [3.63, 3.8) is 0 Å². The van der Waals surface area contributed by atoms with E-state index in [1.807, 2.05) is 24.3 Å². The fraction of sp³-hybridized carbons (Fsp3) is 0.571. The molecule has 1 aliphatic rings. The minimum Gasteiger partial charge on any atom is -0.486 e. The Hall–Kier alpha value is -1.18. The van der Waals surface area contributed by atoms with Crippen molar-refractivity contribution in [2.75, 3.05) is 13.2 Å². The van der Waals surface area contributed by atoms with Crippen LogP contribution in [0.3, 0.4) is 0 Å². The maximum absolute atomic E-state index is 5.30. The molecule has 1 aliphatic heterocycles. The molecule has 0 atom stereocenters. The van der Waals surface area contributed by atoms with Gasteiger partial charge in [0.1, 0.15) is 13.2 Å². The van der Waals surface area contributed by atoms with Gasteiger partial charge in [-0.1, -0.05) is 47.3 Å². The molecule has 0 saturated heterocycles. The van der Waals surface area contributed by atoms with Crippen molar-refractivity contribution < 1.29 is 9.47 Å². The number of benzene rings is 1. The van der Waals surface area contributed by atoms with Crippen LogP contribution in [0.15, 0.2) is 24.3 Å². The lowest BCUT2D eigenvalue weighted by molar-refractivity contribution is 0.171. The number of hydrogen-bond acceptors (Lipinski definition) is 2. The first-order valence-electron chi connectivity index (χ1n) is 5.31. The Bertz CT molecular complexity index is 269. The van der Waals surface area contributed by atoms with E-state index in [2.05, 4.69) is 27.7 Å². The highest BCUT2D eigenvalue weighted by atomic mass is 16.6. The largest absolute Gasteiger partial charge is 0.486 e. The van der Waals surface area contributed by atoms with E-state index < -0.39 is 0 Å². The van der Waals surface area contributed by atoms with Gasteiger partial charge in [0, 0.05) is 0 Å². The van der Waals surface area contributed by atoms with Crippen LogP contribution in [0.1, 0.15) is 35.1 Å². The fourth-order valence-corrected chi connectivity index (χ4v) is 0.992. The van der Waals surface area contributed by atoms with E-state index in [1.54, 1.807) is 0 Å². The highest BCUT2D eigenvalue weighted by molar-refractivity contribution is 5.40. The van der Waals surface area contributed by atoms with Crippen LogP contribution in [-0.4, -0.2) is 13.2 Å². The normalized spacial score (nSPS) is 13.0. The molecule has 0 radical (unpaired) electrons. The fourth-order valence-electron chi connectivity index (χ4n) is 0.992. The van der Waals surface area contributed by atoms with Crippen LogP contribution in [0, 0.1) is 5.41 Å². The Balaban J connectivity index is 0.000000330. The maximum atomic E-state index is 5.30. The summed E-state index contributed by atoms with van der Waals surface area (Å²) in [7, 11) is 0. The second-order valence-electron chi connectivity index (χ2n) is 5.14. The summed E-state index contributed by atoms with van der Waals surface area (Å²) in [4.78, 5) is 0. The molecule has 1 aromatic rings. The van der Waals surface area contributed by atoms with Gasteiger partial charge in [-0.25, -0.2) is 0 Å². The molecule has 2 heteroatoms.